The summed E-state index contributed by atoms with van der Waals surface area (Å²) >= 11 is 6.39. The molecule has 0 bridgehead atoms. The third-order valence-electron chi connectivity index (χ3n) is 7.98. The molecule has 2 atom stereocenters. The van der Waals surface area contributed by atoms with E-state index in [4.69, 9.17) is 11.6 Å². The van der Waals surface area contributed by atoms with Crippen molar-refractivity contribution in [2.24, 2.45) is 24.8 Å². The first kappa shape index (κ1) is 27.0. The predicted octanol–water partition coefficient (Wildman–Crippen LogP) is 3.31. The summed E-state index contributed by atoms with van der Waals surface area (Å²) in [6, 6.07) is 4.89. The van der Waals surface area contributed by atoms with E-state index in [1.807, 2.05) is 0 Å². The van der Waals surface area contributed by atoms with Crippen molar-refractivity contribution in [3.8, 4) is 0 Å². The van der Waals surface area contributed by atoms with Gasteiger partial charge in [-0.25, -0.2) is 13.8 Å². The maximum absolute atomic E-state index is 14.4. The molecular weight excluding hydrogens is 532 g/mol. The van der Waals surface area contributed by atoms with E-state index in [9.17, 15) is 23.2 Å². The van der Waals surface area contributed by atoms with Crippen LogP contribution in [0.5, 0.6) is 0 Å². The first-order chi connectivity index (χ1) is 18.4. The molecule has 5 rings (SSSR count). The summed E-state index contributed by atoms with van der Waals surface area (Å²) in [6.07, 6.45) is 2.32. The van der Waals surface area contributed by atoms with Crippen LogP contribution in [0.3, 0.4) is 0 Å². The van der Waals surface area contributed by atoms with Gasteiger partial charge in [0.2, 0.25) is 11.9 Å². The lowest BCUT2D eigenvalue weighted by Crippen LogP contribution is -2.52. The molecule has 1 saturated heterocycles. The second-order valence-corrected chi connectivity index (χ2v) is 11.0. The fourth-order valence-electron chi connectivity index (χ4n) is 5.49. The van der Waals surface area contributed by atoms with Gasteiger partial charge in [0.1, 0.15) is 5.02 Å². The van der Waals surface area contributed by atoms with Crippen LogP contribution >= 0.6 is 11.6 Å². The molecule has 208 valence electrons. The predicted molar refractivity (Wildman–Crippen MR) is 145 cm³/mol. The number of carbonyl (C=O) groups is 1. The number of aryl methyl sites for hydroxylation is 1. The van der Waals surface area contributed by atoms with E-state index in [0.29, 0.717) is 29.6 Å². The lowest BCUT2D eigenvalue weighted by molar-refractivity contribution is -0.128. The molecular formula is C26H30ClF2N7O3. The van der Waals surface area contributed by atoms with Gasteiger partial charge in [-0.15, -0.1) is 0 Å². The van der Waals surface area contributed by atoms with Crippen LogP contribution in [0.4, 0.5) is 26.2 Å². The number of amides is 1. The van der Waals surface area contributed by atoms with Gasteiger partial charge in [-0.3, -0.25) is 19.0 Å². The standard InChI is InChI=1S/C26H30ClF2N7O3/c1-13-11-35(12-14(2)26(13,28)29)25-31-10-18(27)21(33-25)32-16-5-6-19-20(9-16)36(24(39)23(38)34(19)4)17-7-15(8-17)22(37)30-3/h5-6,9-10,13-15,17H,7-8,11-12H2,1-4H3,(H,30,37)(H,31,32,33)/t13-,14+,15?,17?. The normalized spacial score (nSPS) is 24.3. The minimum absolute atomic E-state index is 0.0924. The van der Waals surface area contributed by atoms with Gasteiger partial charge in [0.25, 0.3) is 5.92 Å². The molecule has 39 heavy (non-hydrogen) atoms. The third kappa shape index (κ3) is 4.64. The zero-order chi connectivity index (χ0) is 28.2. The molecule has 0 unspecified atom stereocenters. The van der Waals surface area contributed by atoms with Crippen molar-refractivity contribution < 1.29 is 13.6 Å². The molecule has 3 aromatic rings. The van der Waals surface area contributed by atoms with Crippen molar-refractivity contribution in [2.45, 2.75) is 38.7 Å². The summed E-state index contributed by atoms with van der Waals surface area (Å²) < 4.78 is 31.5. The Morgan fingerprint density at radius 1 is 1.10 bits per heavy atom. The topological polar surface area (TPSA) is 114 Å². The van der Waals surface area contributed by atoms with Crippen molar-refractivity contribution in [1.29, 1.82) is 0 Å². The van der Waals surface area contributed by atoms with E-state index >= 15 is 0 Å². The quantitative estimate of drug-likeness (QED) is 0.459. The number of halogens is 3. The average Bonchev–Trinajstić information content (AvgIpc) is 2.88. The van der Waals surface area contributed by atoms with Crippen molar-refractivity contribution in [1.82, 2.24) is 24.4 Å². The summed E-state index contributed by atoms with van der Waals surface area (Å²) in [7, 11) is 3.11. The van der Waals surface area contributed by atoms with Gasteiger partial charge in [-0.05, 0) is 31.0 Å². The largest absolute Gasteiger partial charge is 0.359 e. The molecule has 1 aliphatic heterocycles. The number of hydrogen-bond donors (Lipinski definition) is 2. The summed E-state index contributed by atoms with van der Waals surface area (Å²) in [5.74, 6) is -4.25. The van der Waals surface area contributed by atoms with Crippen LogP contribution in [0.2, 0.25) is 5.02 Å². The van der Waals surface area contributed by atoms with Gasteiger partial charge >= 0.3 is 11.1 Å². The maximum Gasteiger partial charge on any atom is 0.317 e. The van der Waals surface area contributed by atoms with Gasteiger partial charge in [0.05, 0.1) is 17.2 Å². The van der Waals surface area contributed by atoms with E-state index in [0.717, 1.165) is 0 Å². The van der Waals surface area contributed by atoms with Gasteiger partial charge < -0.3 is 20.1 Å². The molecule has 10 nitrogen and oxygen atoms in total. The summed E-state index contributed by atoms with van der Waals surface area (Å²) in [4.78, 5) is 48.2. The molecule has 1 aromatic carbocycles. The van der Waals surface area contributed by atoms with Crippen molar-refractivity contribution in [3.05, 3.63) is 50.1 Å². The second-order valence-electron chi connectivity index (χ2n) is 10.6. The van der Waals surface area contributed by atoms with Gasteiger partial charge in [-0.1, -0.05) is 25.4 Å². The first-order valence-electron chi connectivity index (χ1n) is 12.8. The Bertz CT molecular complexity index is 1550. The molecule has 13 heteroatoms. The highest BCUT2D eigenvalue weighted by Crippen LogP contribution is 2.40. The molecule has 0 radical (unpaired) electrons. The molecule has 2 fully saturated rings. The SMILES string of the molecule is CNC(=O)C1CC(n2c(=O)c(=O)n(C)c3ccc(Nc4nc(N5C[C@@H](C)C(F)(F)[C@@H](C)C5)ncc4Cl)cc32)C1. The van der Waals surface area contributed by atoms with Crippen molar-refractivity contribution in [2.75, 3.05) is 30.4 Å². The molecule has 3 heterocycles. The number of hydrogen-bond acceptors (Lipinski definition) is 7. The van der Waals surface area contributed by atoms with E-state index in [1.165, 1.54) is 36.2 Å². The van der Waals surface area contributed by atoms with E-state index in [-0.39, 0.29) is 47.7 Å². The lowest BCUT2D eigenvalue weighted by atomic mass is 9.79. The highest BCUT2D eigenvalue weighted by molar-refractivity contribution is 6.32. The fourth-order valence-corrected chi connectivity index (χ4v) is 5.62. The lowest BCUT2D eigenvalue weighted by Gasteiger charge is -2.41. The van der Waals surface area contributed by atoms with Crippen LogP contribution in [-0.4, -0.2) is 51.1 Å². The van der Waals surface area contributed by atoms with Gasteiger partial charge in [0.15, 0.2) is 5.82 Å². The van der Waals surface area contributed by atoms with Crippen LogP contribution in [0.25, 0.3) is 11.0 Å². The minimum Gasteiger partial charge on any atom is -0.359 e. The summed E-state index contributed by atoms with van der Waals surface area (Å²) in [5.41, 5.74) is 0.328. The number of fused-ring (bicyclic) bond motifs is 1. The Morgan fingerprint density at radius 2 is 1.77 bits per heavy atom. The fraction of sp³-hybridized carbons (Fsp3) is 0.500. The Balaban J connectivity index is 1.48. The van der Waals surface area contributed by atoms with Crippen LogP contribution in [0.1, 0.15) is 32.7 Å². The molecule has 2 aromatic heterocycles. The second kappa shape index (κ2) is 9.89. The zero-order valence-corrected chi connectivity index (χ0v) is 22.8. The van der Waals surface area contributed by atoms with Crippen LogP contribution < -0.4 is 26.7 Å². The molecule has 1 amide bonds. The van der Waals surface area contributed by atoms with Crippen LogP contribution in [0, 0.1) is 17.8 Å². The average molecular weight is 562 g/mol. The smallest absolute Gasteiger partial charge is 0.317 e. The summed E-state index contributed by atoms with van der Waals surface area (Å²) in [5, 5.41) is 6.00. The van der Waals surface area contributed by atoms with Crippen LogP contribution in [-0.2, 0) is 11.8 Å². The third-order valence-corrected chi connectivity index (χ3v) is 8.25. The number of nitrogens with zero attached hydrogens (tertiary/aromatic N) is 5. The summed E-state index contributed by atoms with van der Waals surface area (Å²) in [6.45, 7) is 3.23. The highest BCUT2D eigenvalue weighted by atomic mass is 35.5. The Morgan fingerprint density at radius 3 is 2.41 bits per heavy atom. The maximum atomic E-state index is 14.4. The highest BCUT2D eigenvalue weighted by Gasteiger charge is 2.47. The Kier molecular flexibility index (Phi) is 6.86. The van der Waals surface area contributed by atoms with E-state index in [1.54, 1.807) is 30.1 Å². The Hall–Kier alpha value is -3.54. The van der Waals surface area contributed by atoms with Gasteiger partial charge in [-0.2, -0.15) is 4.98 Å². The van der Waals surface area contributed by atoms with E-state index in [2.05, 4.69) is 20.6 Å². The van der Waals surface area contributed by atoms with Crippen molar-refractivity contribution in [3.63, 3.8) is 0 Å². The number of nitrogens with one attached hydrogen (secondary N) is 2. The van der Waals surface area contributed by atoms with Crippen molar-refractivity contribution >= 4 is 46.0 Å². The molecule has 1 saturated carbocycles. The number of aromatic nitrogens is 4. The monoisotopic (exact) mass is 561 g/mol. The number of carbonyl (C=O) groups excluding carboxylic acids is 1. The first-order valence-corrected chi connectivity index (χ1v) is 13.2. The number of benzene rings is 1. The number of anilines is 3. The zero-order valence-electron chi connectivity index (χ0n) is 22.0. The molecule has 1 aliphatic carbocycles. The molecule has 2 N–H and O–H groups in total. The number of alkyl halides is 2. The number of piperidine rings is 1. The molecule has 2 aliphatic rings. The minimum atomic E-state index is -2.77. The van der Waals surface area contributed by atoms with Gasteiger partial charge in [0, 0.05) is 56.7 Å². The number of rotatable bonds is 5. The Labute approximate surface area is 228 Å². The van der Waals surface area contributed by atoms with E-state index < -0.39 is 28.9 Å². The van der Waals surface area contributed by atoms with Crippen LogP contribution in [0.15, 0.2) is 34.0 Å². The molecule has 0 spiro atoms.